The van der Waals surface area contributed by atoms with Gasteiger partial charge in [0.1, 0.15) is 5.75 Å². The Bertz CT molecular complexity index is 1330. The van der Waals surface area contributed by atoms with E-state index < -0.39 is 5.97 Å². The number of methoxy groups -OCH3 is 2. The van der Waals surface area contributed by atoms with Crippen LogP contribution in [0.25, 0.3) is 0 Å². The molecule has 0 spiro atoms. The van der Waals surface area contributed by atoms with Crippen molar-refractivity contribution in [1.82, 2.24) is 15.1 Å². The highest BCUT2D eigenvalue weighted by Crippen LogP contribution is 2.38. The fraction of sp³-hybridized carbons (Fsp3) is 0.500. The van der Waals surface area contributed by atoms with Gasteiger partial charge in [-0.25, -0.2) is 4.79 Å². The number of nitrogens with two attached hydrogens (primary N) is 1. The summed E-state index contributed by atoms with van der Waals surface area (Å²) in [5.41, 5.74) is 7.73. The lowest BCUT2D eigenvalue weighted by Crippen LogP contribution is -2.55. The van der Waals surface area contributed by atoms with Gasteiger partial charge in [-0.1, -0.05) is 18.5 Å². The van der Waals surface area contributed by atoms with Crippen LogP contribution in [0.5, 0.6) is 5.75 Å². The average molecular weight is 602 g/mol. The van der Waals surface area contributed by atoms with Crippen LogP contribution in [0.3, 0.4) is 0 Å². The molecule has 2 heterocycles. The molecule has 4 rings (SSSR count). The van der Waals surface area contributed by atoms with E-state index >= 15 is 0 Å². The maximum Gasteiger partial charge on any atom is 0.335 e. The number of halogens is 1. The van der Waals surface area contributed by atoms with Crippen molar-refractivity contribution in [3.8, 4) is 5.75 Å². The first-order valence-corrected chi connectivity index (χ1v) is 14.4. The van der Waals surface area contributed by atoms with Crippen molar-refractivity contribution >= 4 is 40.8 Å². The van der Waals surface area contributed by atoms with Gasteiger partial charge in [0.2, 0.25) is 5.91 Å². The fourth-order valence-corrected chi connectivity index (χ4v) is 5.95. The van der Waals surface area contributed by atoms with E-state index in [4.69, 9.17) is 26.8 Å². The number of carbonyl (C=O) groups is 3. The van der Waals surface area contributed by atoms with Crippen LogP contribution >= 0.6 is 11.6 Å². The van der Waals surface area contributed by atoms with E-state index in [0.717, 1.165) is 31.5 Å². The van der Waals surface area contributed by atoms with Crippen LogP contribution in [0, 0.1) is 0 Å². The van der Waals surface area contributed by atoms with E-state index in [1.807, 2.05) is 11.0 Å². The molecule has 12 heteroatoms. The molecule has 0 radical (unpaired) electrons. The average Bonchev–Trinajstić information content (AvgIpc) is 2.96. The van der Waals surface area contributed by atoms with Crippen molar-refractivity contribution < 1.29 is 29.0 Å². The highest BCUT2D eigenvalue weighted by atomic mass is 35.5. The fourth-order valence-electron chi connectivity index (χ4n) is 5.78. The van der Waals surface area contributed by atoms with Crippen LogP contribution in [0.4, 0.5) is 11.4 Å². The summed E-state index contributed by atoms with van der Waals surface area (Å²) in [6, 6.07) is 7.73. The second-order valence-electron chi connectivity index (χ2n) is 11.4. The number of hydrogen-bond donors (Lipinski definition) is 4. The molecule has 2 aromatic rings. The number of amides is 2. The monoisotopic (exact) mass is 601 g/mol. The molecule has 2 atom stereocenters. The number of nitrogens with zero attached hydrogens (tertiary/aromatic N) is 2. The molecule has 2 fully saturated rings. The summed E-state index contributed by atoms with van der Waals surface area (Å²) in [4.78, 5) is 42.3. The zero-order chi connectivity index (χ0) is 30.6. The summed E-state index contributed by atoms with van der Waals surface area (Å²) < 4.78 is 11.0. The van der Waals surface area contributed by atoms with Crippen LogP contribution in [-0.4, -0.2) is 98.8 Å². The second-order valence-corrected chi connectivity index (χ2v) is 11.8. The standard InChI is InChI=1S/C30H40ClN5O6/c1-30(8-11-35(2)12-9-30)21-13-18(5-6-19(21)29(39)40)33-27(37)17-36-10-7-24(26(16-36)42-4)34-28(38)20-14-22(31)23(32)15-25(20)41-3/h5-6,13-15,24,26H,7-12,16-17,32H2,1-4H3,(H,33,37)(H,34,38)(H,39,40)/t24-,26+/m1/s1. The Morgan fingerprint density at radius 1 is 1.12 bits per heavy atom. The van der Waals surface area contributed by atoms with Gasteiger partial charge in [-0.2, -0.15) is 0 Å². The SMILES string of the molecule is COc1cc(N)c(Cl)cc1C(=O)N[C@@H]1CCN(CC(=O)Nc2ccc(C(=O)O)c(C3(C)CCN(C)CC3)c2)C[C@@H]1OC. The van der Waals surface area contributed by atoms with E-state index in [1.165, 1.54) is 19.2 Å². The van der Waals surface area contributed by atoms with Crippen molar-refractivity contribution in [2.75, 3.05) is 65.0 Å². The smallest absolute Gasteiger partial charge is 0.335 e. The normalized spacial score (nSPS) is 21.0. The van der Waals surface area contributed by atoms with Gasteiger partial charge < -0.3 is 35.8 Å². The van der Waals surface area contributed by atoms with Crippen molar-refractivity contribution in [2.45, 2.75) is 43.7 Å². The number of aromatic carboxylic acids is 1. The number of benzene rings is 2. The van der Waals surface area contributed by atoms with Gasteiger partial charge in [-0.3, -0.25) is 14.5 Å². The predicted molar refractivity (Wildman–Crippen MR) is 162 cm³/mol. The zero-order valence-corrected chi connectivity index (χ0v) is 25.3. The van der Waals surface area contributed by atoms with Crippen molar-refractivity contribution in [1.29, 1.82) is 0 Å². The number of hydrogen-bond acceptors (Lipinski definition) is 8. The van der Waals surface area contributed by atoms with Crippen LogP contribution in [0.2, 0.25) is 5.02 Å². The third-order valence-corrected chi connectivity index (χ3v) is 8.80. The lowest BCUT2D eigenvalue weighted by atomic mass is 9.72. The van der Waals surface area contributed by atoms with E-state index in [-0.39, 0.29) is 52.1 Å². The summed E-state index contributed by atoms with van der Waals surface area (Å²) in [5.74, 6) is -1.22. The number of carbonyl (C=O) groups excluding carboxylic acids is 2. The number of ether oxygens (including phenoxy) is 2. The Balaban J connectivity index is 1.38. The summed E-state index contributed by atoms with van der Waals surface area (Å²) in [7, 11) is 5.09. The lowest BCUT2D eigenvalue weighted by molar-refractivity contribution is -0.118. The van der Waals surface area contributed by atoms with E-state index in [9.17, 15) is 19.5 Å². The zero-order valence-electron chi connectivity index (χ0n) is 24.5. The summed E-state index contributed by atoms with van der Waals surface area (Å²) >= 11 is 6.14. The highest BCUT2D eigenvalue weighted by Gasteiger charge is 2.35. The number of carboxylic acid groups (broad SMARTS) is 1. The van der Waals surface area contributed by atoms with Gasteiger partial charge in [0.25, 0.3) is 5.91 Å². The lowest BCUT2D eigenvalue weighted by Gasteiger charge is -2.39. The molecule has 2 aliphatic rings. The van der Waals surface area contributed by atoms with E-state index in [1.54, 1.807) is 19.2 Å². The Morgan fingerprint density at radius 3 is 2.48 bits per heavy atom. The molecule has 0 aliphatic carbocycles. The van der Waals surface area contributed by atoms with Gasteiger partial charge in [0.05, 0.1) is 47.6 Å². The minimum atomic E-state index is -0.971. The second kappa shape index (κ2) is 13.3. The Kier molecular flexibility index (Phi) is 9.98. The molecule has 11 nitrogen and oxygen atoms in total. The number of nitrogens with one attached hydrogen (secondary N) is 2. The molecule has 0 saturated carbocycles. The molecule has 5 N–H and O–H groups in total. The molecule has 0 unspecified atom stereocenters. The van der Waals surface area contributed by atoms with Gasteiger partial charge >= 0.3 is 5.97 Å². The van der Waals surface area contributed by atoms with Gasteiger partial charge in [0.15, 0.2) is 0 Å². The molecule has 228 valence electrons. The number of carboxylic acids is 1. The summed E-state index contributed by atoms with van der Waals surface area (Å²) in [5, 5.41) is 16.0. The van der Waals surface area contributed by atoms with Gasteiger partial charge in [-0.05, 0) is 74.6 Å². The largest absolute Gasteiger partial charge is 0.496 e. The van der Waals surface area contributed by atoms with E-state index in [0.29, 0.717) is 36.6 Å². The topological polar surface area (TPSA) is 146 Å². The number of rotatable bonds is 9. The molecule has 2 saturated heterocycles. The Hall–Kier alpha value is -3.38. The maximum absolute atomic E-state index is 13.1. The Labute approximate surface area is 251 Å². The molecular weight excluding hydrogens is 562 g/mol. The molecule has 2 aromatic carbocycles. The molecule has 2 aliphatic heterocycles. The molecule has 42 heavy (non-hydrogen) atoms. The minimum absolute atomic E-state index is 0.125. The number of nitrogen functional groups attached to an aromatic ring is 1. The molecule has 0 aromatic heterocycles. The minimum Gasteiger partial charge on any atom is -0.496 e. The number of anilines is 2. The summed E-state index contributed by atoms with van der Waals surface area (Å²) in [6.45, 7) is 4.98. The number of piperidine rings is 2. The van der Waals surface area contributed by atoms with Crippen molar-refractivity contribution in [3.05, 3.63) is 52.0 Å². The summed E-state index contributed by atoms with van der Waals surface area (Å²) in [6.07, 6.45) is 1.88. The quantitative estimate of drug-likeness (QED) is 0.318. The Morgan fingerprint density at radius 2 is 1.83 bits per heavy atom. The van der Waals surface area contributed by atoms with Crippen LogP contribution in [0.1, 0.15) is 52.5 Å². The number of likely N-dealkylation sites (tertiary alicyclic amines) is 2. The third-order valence-electron chi connectivity index (χ3n) is 8.47. The van der Waals surface area contributed by atoms with E-state index in [2.05, 4.69) is 29.5 Å². The maximum atomic E-state index is 13.1. The first-order valence-electron chi connectivity index (χ1n) is 14.0. The third kappa shape index (κ3) is 7.15. The van der Waals surface area contributed by atoms with Crippen molar-refractivity contribution in [3.63, 3.8) is 0 Å². The van der Waals surface area contributed by atoms with Gasteiger partial charge in [0, 0.05) is 32.0 Å². The first kappa shape index (κ1) is 31.6. The van der Waals surface area contributed by atoms with Crippen molar-refractivity contribution in [2.24, 2.45) is 0 Å². The van der Waals surface area contributed by atoms with Crippen LogP contribution in [0.15, 0.2) is 30.3 Å². The molecular formula is C30H40ClN5O6. The van der Waals surface area contributed by atoms with Crippen LogP contribution < -0.4 is 21.1 Å². The molecule has 0 bridgehead atoms. The predicted octanol–water partition coefficient (Wildman–Crippen LogP) is 3.07. The van der Waals surface area contributed by atoms with Gasteiger partial charge in [-0.15, -0.1) is 0 Å². The van der Waals surface area contributed by atoms with Crippen LogP contribution in [-0.2, 0) is 14.9 Å². The first-order chi connectivity index (χ1) is 19.9. The molecule has 2 amide bonds. The highest BCUT2D eigenvalue weighted by molar-refractivity contribution is 6.33.